The van der Waals surface area contributed by atoms with Gasteiger partial charge < -0.3 is 39.6 Å². The fourth-order valence-electron chi connectivity index (χ4n) is 7.13. The van der Waals surface area contributed by atoms with E-state index in [2.05, 4.69) is 5.32 Å². The molecule has 1 heterocycles. The van der Waals surface area contributed by atoms with Gasteiger partial charge in [0, 0.05) is 60.7 Å². The van der Waals surface area contributed by atoms with Crippen molar-refractivity contribution in [2.75, 3.05) is 19.0 Å². The lowest BCUT2D eigenvalue weighted by Crippen LogP contribution is -2.58. The largest absolute Gasteiger partial charge is 0.507 e. The monoisotopic (exact) mass is 728 g/mol. The van der Waals surface area contributed by atoms with Crippen LogP contribution >= 0.6 is 0 Å². The molecule has 3 aromatic carbocycles. The lowest BCUT2D eigenvalue weighted by atomic mass is 9.72. The molecule has 16 heteroatoms. The van der Waals surface area contributed by atoms with E-state index in [4.69, 9.17) is 18.9 Å². The highest BCUT2D eigenvalue weighted by atomic mass is 19.4. The maximum atomic E-state index is 13.7. The highest BCUT2D eigenvalue weighted by Gasteiger charge is 2.49. The highest BCUT2D eigenvalue weighted by Crippen LogP contribution is 2.52. The predicted octanol–water partition coefficient (Wildman–Crippen LogP) is 4.44. The fourth-order valence-corrected chi connectivity index (χ4v) is 7.13. The molecule has 0 saturated carbocycles. The molecule has 3 aromatic rings. The third-order valence-electron chi connectivity index (χ3n) is 9.51. The Morgan fingerprint density at radius 1 is 0.981 bits per heavy atom. The Hall–Kier alpha value is -5.03. The zero-order chi connectivity index (χ0) is 37.5. The summed E-state index contributed by atoms with van der Waals surface area (Å²) in [5.74, 6) is -5.08. The second-order valence-electron chi connectivity index (χ2n) is 12.9. The first-order chi connectivity index (χ1) is 24.6. The Morgan fingerprint density at radius 3 is 2.21 bits per heavy atom. The van der Waals surface area contributed by atoms with Crippen LogP contribution in [0.3, 0.4) is 0 Å². The van der Waals surface area contributed by atoms with E-state index in [0.29, 0.717) is 5.69 Å². The summed E-state index contributed by atoms with van der Waals surface area (Å²) in [7, 11) is 1.23. The Bertz CT molecular complexity index is 1900. The number of hydrogen-bond acceptors (Lipinski definition) is 11. The zero-order valence-electron chi connectivity index (χ0n) is 27.9. The quantitative estimate of drug-likeness (QED) is 0.161. The topological polar surface area (TPSA) is 190 Å². The molecule has 13 nitrogen and oxygen atoms in total. The van der Waals surface area contributed by atoms with Crippen LogP contribution in [-0.4, -0.2) is 88.9 Å². The van der Waals surface area contributed by atoms with Crippen LogP contribution in [0.4, 0.5) is 23.7 Å². The average molecular weight is 729 g/mol. The maximum absolute atomic E-state index is 13.7. The summed E-state index contributed by atoms with van der Waals surface area (Å²) in [6.07, 6.45) is -12.1. The van der Waals surface area contributed by atoms with Crippen molar-refractivity contribution in [2.24, 2.45) is 0 Å². The van der Waals surface area contributed by atoms with Gasteiger partial charge in [-0.3, -0.25) is 19.7 Å². The van der Waals surface area contributed by atoms with E-state index in [-0.39, 0.29) is 54.5 Å². The molecule has 2 aliphatic carbocycles. The van der Waals surface area contributed by atoms with E-state index >= 15 is 0 Å². The molecule has 0 unspecified atom stereocenters. The number of aromatic hydroxyl groups is 2. The van der Waals surface area contributed by atoms with Crippen LogP contribution < -0.4 is 10.6 Å². The second-order valence-corrected chi connectivity index (χ2v) is 12.9. The van der Waals surface area contributed by atoms with Crippen molar-refractivity contribution in [3.63, 3.8) is 0 Å². The maximum Gasteiger partial charge on any atom is 0.471 e. The molecule has 276 valence electrons. The number of phenolic OH excluding ortho intramolecular Hbond substituents is 2. The number of carbonyl (C=O) groups excluding carboxylic acids is 4. The molecule has 52 heavy (non-hydrogen) atoms. The zero-order valence-corrected chi connectivity index (χ0v) is 27.9. The lowest BCUT2D eigenvalue weighted by Gasteiger charge is -2.44. The van der Waals surface area contributed by atoms with Gasteiger partial charge in [-0.15, -0.1) is 0 Å². The van der Waals surface area contributed by atoms with Crippen LogP contribution in [0.2, 0.25) is 0 Å². The molecule has 1 saturated heterocycles. The minimum Gasteiger partial charge on any atom is -0.507 e. The first-order valence-electron chi connectivity index (χ1n) is 16.3. The van der Waals surface area contributed by atoms with Crippen molar-refractivity contribution in [1.29, 1.82) is 0 Å². The number of alkyl halides is 3. The summed E-state index contributed by atoms with van der Waals surface area (Å²) < 4.78 is 62.3. The van der Waals surface area contributed by atoms with Crippen LogP contribution in [0.1, 0.15) is 75.3 Å². The van der Waals surface area contributed by atoms with Gasteiger partial charge in [-0.25, -0.2) is 4.79 Å². The highest BCUT2D eigenvalue weighted by molar-refractivity contribution is 6.30. The smallest absolute Gasteiger partial charge is 0.471 e. The van der Waals surface area contributed by atoms with Gasteiger partial charge in [0.2, 0.25) is 0 Å². The number of ether oxygens (including phenoxy) is 4. The van der Waals surface area contributed by atoms with E-state index in [1.807, 2.05) is 5.32 Å². The van der Waals surface area contributed by atoms with Gasteiger partial charge in [0.05, 0.1) is 41.6 Å². The number of halogens is 3. The van der Waals surface area contributed by atoms with Gasteiger partial charge in [0.15, 0.2) is 17.9 Å². The molecular weight excluding hydrogens is 693 g/mol. The number of methoxy groups -OCH3 is 1. The summed E-state index contributed by atoms with van der Waals surface area (Å²) in [5.41, 5.74) is -2.62. The first kappa shape index (κ1) is 36.8. The number of para-hydroxylation sites is 1. The normalized spacial score (nSPS) is 25.4. The van der Waals surface area contributed by atoms with Crippen molar-refractivity contribution in [2.45, 2.75) is 75.0 Å². The van der Waals surface area contributed by atoms with Gasteiger partial charge >= 0.3 is 18.2 Å². The predicted molar refractivity (Wildman–Crippen MR) is 174 cm³/mol. The number of carbonyl (C=O) groups is 4. The van der Waals surface area contributed by atoms with E-state index in [9.17, 15) is 47.7 Å². The number of hydrogen-bond donors (Lipinski definition) is 5. The fraction of sp³-hybridized carbons (Fsp3) is 0.389. The number of amides is 2. The second kappa shape index (κ2) is 14.2. The molecule has 6 rings (SSSR count). The van der Waals surface area contributed by atoms with Gasteiger partial charge in [0.1, 0.15) is 17.6 Å². The van der Waals surface area contributed by atoms with Gasteiger partial charge in [0.25, 0.3) is 0 Å². The number of anilines is 1. The van der Waals surface area contributed by atoms with E-state index in [1.54, 1.807) is 30.3 Å². The molecule has 1 fully saturated rings. The van der Waals surface area contributed by atoms with Crippen molar-refractivity contribution < 1.29 is 66.6 Å². The molecule has 3 aliphatic rings. The van der Waals surface area contributed by atoms with Crippen LogP contribution in [0.5, 0.6) is 11.5 Å². The third kappa shape index (κ3) is 7.06. The average Bonchev–Trinajstić information content (AvgIpc) is 3.08. The summed E-state index contributed by atoms with van der Waals surface area (Å²) in [4.78, 5) is 51.7. The van der Waals surface area contributed by atoms with Gasteiger partial charge in [-0.1, -0.05) is 42.5 Å². The summed E-state index contributed by atoms with van der Waals surface area (Å²) in [5, 5.41) is 39.7. The third-order valence-corrected chi connectivity index (χ3v) is 9.51. The molecule has 0 bridgehead atoms. The minimum atomic E-state index is -5.19. The Morgan fingerprint density at radius 2 is 1.60 bits per heavy atom. The number of nitrogens with one attached hydrogen (secondary N) is 2. The van der Waals surface area contributed by atoms with Crippen molar-refractivity contribution in [3.8, 4) is 11.5 Å². The van der Waals surface area contributed by atoms with Crippen LogP contribution in [0, 0.1) is 0 Å². The number of phenols is 2. The molecule has 0 spiro atoms. The summed E-state index contributed by atoms with van der Waals surface area (Å²) >= 11 is 0. The SMILES string of the molecule is CO[C@H]1[C@@H](NC(=O)C(F)(F)F)C[C@H](O[C@H]2C[C@](O)(CCOC(=O)Nc3ccccc3)Cc3c(O)c4c(c(O)c32)C(=O)c2ccccc2C4=O)O[C@H]1C. The van der Waals surface area contributed by atoms with E-state index in [1.165, 1.54) is 38.3 Å². The van der Waals surface area contributed by atoms with Crippen LogP contribution in [0.25, 0.3) is 0 Å². The number of ketones is 2. The minimum absolute atomic E-state index is 0.00409. The van der Waals surface area contributed by atoms with Crippen molar-refractivity contribution >= 4 is 29.3 Å². The lowest BCUT2D eigenvalue weighted by molar-refractivity contribution is -0.254. The molecule has 6 atom stereocenters. The summed E-state index contributed by atoms with van der Waals surface area (Å²) in [6.45, 7) is 1.15. The molecule has 2 amide bonds. The van der Waals surface area contributed by atoms with Crippen LogP contribution in [-0.2, 0) is 30.2 Å². The number of rotatable bonds is 8. The standard InChI is InChI=1S/C36H35F3N2O11/c1-17-32(49-2)22(41-33(46)36(37,38)39)14-24(51-17)52-23-16-35(48,12-13-50-34(47)40-18-8-4-3-5-9-18)15-21-25(23)31(45)27-26(30(21)44)28(42)19-10-6-7-11-20(19)29(27)43/h3-11,17,22-24,32,44-45,48H,12-16H2,1-2H3,(H,40,47)(H,41,46)/t17-,22-,23-,24-,32+,35-/m0/s1. The number of benzene rings is 3. The van der Waals surface area contributed by atoms with Crippen molar-refractivity contribution in [3.05, 3.63) is 88.0 Å². The molecule has 5 N–H and O–H groups in total. The Labute approximate surface area is 294 Å². The van der Waals surface area contributed by atoms with Crippen molar-refractivity contribution in [1.82, 2.24) is 5.32 Å². The Balaban J connectivity index is 1.34. The summed E-state index contributed by atoms with van der Waals surface area (Å²) in [6, 6.07) is 13.0. The van der Waals surface area contributed by atoms with E-state index < -0.39 is 88.6 Å². The molecule has 1 aliphatic heterocycles. The number of fused-ring (bicyclic) bond motifs is 3. The Kier molecular flexibility index (Phi) is 10.0. The molecule has 0 radical (unpaired) electrons. The van der Waals surface area contributed by atoms with Crippen LogP contribution in [0.15, 0.2) is 54.6 Å². The molecular formula is C36H35F3N2O11. The molecule has 0 aromatic heterocycles. The number of aliphatic hydroxyl groups is 1. The van der Waals surface area contributed by atoms with E-state index in [0.717, 1.165) is 0 Å². The first-order valence-corrected chi connectivity index (χ1v) is 16.3. The van der Waals surface area contributed by atoms with Gasteiger partial charge in [-0.05, 0) is 19.1 Å². The van der Waals surface area contributed by atoms with Gasteiger partial charge in [-0.2, -0.15) is 13.2 Å².